The molecular formula is C22H24ClFN2O4. The Bertz CT molecular complexity index is 953. The molecule has 1 aliphatic heterocycles. The van der Waals surface area contributed by atoms with E-state index in [9.17, 15) is 14.0 Å². The van der Waals surface area contributed by atoms with E-state index < -0.39 is 11.9 Å². The smallest absolute Gasteiger partial charge is 0.258 e. The van der Waals surface area contributed by atoms with Gasteiger partial charge in [-0.3, -0.25) is 9.59 Å². The molecule has 0 saturated carbocycles. The molecule has 2 amide bonds. The van der Waals surface area contributed by atoms with Crippen molar-refractivity contribution < 1.29 is 23.5 Å². The molecule has 1 fully saturated rings. The van der Waals surface area contributed by atoms with Gasteiger partial charge in [-0.25, -0.2) is 4.39 Å². The Hall–Kier alpha value is -2.80. The number of rotatable bonds is 6. The average molecular weight is 435 g/mol. The van der Waals surface area contributed by atoms with E-state index in [1.54, 1.807) is 36.2 Å². The molecule has 0 spiro atoms. The van der Waals surface area contributed by atoms with Gasteiger partial charge in [-0.2, -0.15) is 0 Å². The first-order valence-electron chi connectivity index (χ1n) is 9.57. The highest BCUT2D eigenvalue weighted by Crippen LogP contribution is 2.28. The summed E-state index contributed by atoms with van der Waals surface area (Å²) >= 11 is 6.06. The molecule has 8 heteroatoms. The number of hydrogen-bond acceptors (Lipinski definition) is 4. The summed E-state index contributed by atoms with van der Waals surface area (Å²) in [6.45, 7) is 0.689. The van der Waals surface area contributed by atoms with Crippen molar-refractivity contribution in [3.8, 4) is 11.5 Å². The standard InChI is InChI=1S/C22H24ClFN2O4/c1-25(13-14-6-8-20(30-3)17(24)11-14)22(28)18-5-4-10-26(18)21(27)16-12-15(23)7-9-19(16)29-2/h6-9,11-12,18H,4-5,10,13H2,1-3H3/t18-/m1/s1. The molecule has 0 radical (unpaired) electrons. The van der Waals surface area contributed by atoms with E-state index in [2.05, 4.69) is 0 Å². The molecule has 0 unspecified atom stereocenters. The summed E-state index contributed by atoms with van der Waals surface area (Å²) in [7, 11) is 4.52. The van der Waals surface area contributed by atoms with Crippen LogP contribution in [0.2, 0.25) is 5.02 Å². The lowest BCUT2D eigenvalue weighted by molar-refractivity contribution is -0.134. The van der Waals surface area contributed by atoms with Crippen molar-refractivity contribution in [2.45, 2.75) is 25.4 Å². The second kappa shape index (κ2) is 9.34. The first kappa shape index (κ1) is 21.9. The summed E-state index contributed by atoms with van der Waals surface area (Å²) in [5.41, 5.74) is 0.959. The normalized spacial score (nSPS) is 15.8. The van der Waals surface area contributed by atoms with Gasteiger partial charge in [0.05, 0.1) is 19.8 Å². The summed E-state index contributed by atoms with van der Waals surface area (Å²) in [6.07, 6.45) is 1.28. The lowest BCUT2D eigenvalue weighted by atomic mass is 10.1. The van der Waals surface area contributed by atoms with Crippen molar-refractivity contribution >= 4 is 23.4 Å². The van der Waals surface area contributed by atoms with Gasteiger partial charge in [-0.05, 0) is 48.7 Å². The van der Waals surface area contributed by atoms with Crippen molar-refractivity contribution in [2.75, 3.05) is 27.8 Å². The van der Waals surface area contributed by atoms with Gasteiger partial charge in [0.2, 0.25) is 5.91 Å². The molecule has 30 heavy (non-hydrogen) atoms. The summed E-state index contributed by atoms with van der Waals surface area (Å²) in [6, 6.07) is 8.82. The zero-order valence-electron chi connectivity index (χ0n) is 17.2. The fourth-order valence-electron chi connectivity index (χ4n) is 3.68. The van der Waals surface area contributed by atoms with Crippen LogP contribution in [0.25, 0.3) is 0 Å². The average Bonchev–Trinajstić information content (AvgIpc) is 3.22. The molecule has 1 heterocycles. The van der Waals surface area contributed by atoms with E-state index in [0.29, 0.717) is 34.9 Å². The Kier molecular flexibility index (Phi) is 6.82. The van der Waals surface area contributed by atoms with E-state index in [-0.39, 0.29) is 24.1 Å². The van der Waals surface area contributed by atoms with Crippen LogP contribution in [0.1, 0.15) is 28.8 Å². The van der Waals surface area contributed by atoms with Crippen molar-refractivity contribution in [1.82, 2.24) is 9.80 Å². The zero-order valence-corrected chi connectivity index (χ0v) is 17.9. The molecule has 1 atom stereocenters. The molecule has 160 valence electrons. The molecule has 0 aliphatic carbocycles. The Morgan fingerprint density at radius 1 is 1.17 bits per heavy atom. The molecule has 6 nitrogen and oxygen atoms in total. The highest BCUT2D eigenvalue weighted by molar-refractivity contribution is 6.31. The topological polar surface area (TPSA) is 59.1 Å². The number of likely N-dealkylation sites (N-methyl/N-ethyl adjacent to an activating group) is 1. The minimum Gasteiger partial charge on any atom is -0.496 e. The van der Waals surface area contributed by atoms with Crippen molar-refractivity contribution in [1.29, 1.82) is 0 Å². The van der Waals surface area contributed by atoms with E-state index in [1.807, 2.05) is 0 Å². The summed E-state index contributed by atoms with van der Waals surface area (Å²) in [5.74, 6) is -0.422. The molecule has 2 aromatic carbocycles. The van der Waals surface area contributed by atoms with Crippen LogP contribution in [0.3, 0.4) is 0 Å². The third-order valence-electron chi connectivity index (χ3n) is 5.20. The van der Waals surface area contributed by atoms with Crippen LogP contribution in [0.4, 0.5) is 4.39 Å². The number of benzene rings is 2. The maximum atomic E-state index is 14.0. The molecule has 3 rings (SSSR count). The highest BCUT2D eigenvalue weighted by Gasteiger charge is 2.37. The second-order valence-corrected chi connectivity index (χ2v) is 7.60. The van der Waals surface area contributed by atoms with E-state index in [0.717, 1.165) is 6.42 Å². The van der Waals surface area contributed by atoms with Gasteiger partial charge in [-0.1, -0.05) is 17.7 Å². The van der Waals surface area contributed by atoms with Crippen LogP contribution in [-0.2, 0) is 11.3 Å². The third-order valence-corrected chi connectivity index (χ3v) is 5.44. The Balaban J connectivity index is 1.76. The largest absolute Gasteiger partial charge is 0.496 e. The van der Waals surface area contributed by atoms with E-state index in [1.165, 1.54) is 31.3 Å². The van der Waals surface area contributed by atoms with E-state index in [4.69, 9.17) is 21.1 Å². The predicted molar refractivity (Wildman–Crippen MR) is 111 cm³/mol. The van der Waals surface area contributed by atoms with Gasteiger partial charge in [0.25, 0.3) is 5.91 Å². The molecule has 0 N–H and O–H groups in total. The van der Waals surface area contributed by atoms with Gasteiger partial charge in [-0.15, -0.1) is 0 Å². The first-order chi connectivity index (χ1) is 14.3. The fraction of sp³-hybridized carbons (Fsp3) is 0.364. The molecule has 0 aromatic heterocycles. The van der Waals surface area contributed by atoms with Crippen molar-refractivity contribution in [3.05, 3.63) is 58.4 Å². The molecule has 2 aromatic rings. The number of amides is 2. The monoisotopic (exact) mass is 434 g/mol. The van der Waals surface area contributed by atoms with Gasteiger partial charge in [0.1, 0.15) is 11.8 Å². The van der Waals surface area contributed by atoms with E-state index >= 15 is 0 Å². The molecule has 1 saturated heterocycles. The van der Waals surface area contributed by atoms with Gasteiger partial charge < -0.3 is 19.3 Å². The summed E-state index contributed by atoms with van der Waals surface area (Å²) in [4.78, 5) is 29.3. The summed E-state index contributed by atoms with van der Waals surface area (Å²) in [5, 5.41) is 0.417. The SMILES string of the molecule is COc1ccc(CN(C)C(=O)[C@H]2CCCN2C(=O)c2cc(Cl)ccc2OC)cc1F. The predicted octanol–water partition coefficient (Wildman–Crippen LogP) is 3.76. The molecule has 1 aliphatic rings. The number of carbonyl (C=O) groups is 2. The maximum absolute atomic E-state index is 14.0. The lowest BCUT2D eigenvalue weighted by Gasteiger charge is -2.28. The number of ether oxygens (including phenoxy) is 2. The minimum absolute atomic E-state index is 0.149. The number of methoxy groups -OCH3 is 2. The number of carbonyl (C=O) groups excluding carboxylic acids is 2. The van der Waals surface area contributed by atoms with Gasteiger partial charge >= 0.3 is 0 Å². The van der Waals surface area contributed by atoms with Gasteiger partial charge in [0.15, 0.2) is 11.6 Å². The van der Waals surface area contributed by atoms with Crippen molar-refractivity contribution in [3.63, 3.8) is 0 Å². The van der Waals surface area contributed by atoms with Crippen LogP contribution in [0, 0.1) is 5.82 Å². The van der Waals surface area contributed by atoms with Gasteiger partial charge in [0, 0.05) is 25.2 Å². The van der Waals surface area contributed by atoms with Crippen molar-refractivity contribution in [2.24, 2.45) is 0 Å². The maximum Gasteiger partial charge on any atom is 0.258 e. The van der Waals surface area contributed by atoms with Crippen LogP contribution >= 0.6 is 11.6 Å². The molecule has 0 bridgehead atoms. The van der Waals surface area contributed by atoms with Crippen LogP contribution in [0.15, 0.2) is 36.4 Å². The first-order valence-corrected chi connectivity index (χ1v) is 9.95. The molecular weight excluding hydrogens is 411 g/mol. The number of halogens is 2. The van der Waals surface area contributed by atoms with Crippen LogP contribution in [-0.4, -0.2) is 55.5 Å². The highest BCUT2D eigenvalue weighted by atomic mass is 35.5. The Morgan fingerprint density at radius 2 is 1.87 bits per heavy atom. The zero-order chi connectivity index (χ0) is 21.8. The minimum atomic E-state index is -0.589. The third kappa shape index (κ3) is 4.51. The quantitative estimate of drug-likeness (QED) is 0.694. The Morgan fingerprint density at radius 3 is 2.53 bits per heavy atom. The number of hydrogen-bond donors (Lipinski definition) is 0. The fourth-order valence-corrected chi connectivity index (χ4v) is 3.86. The second-order valence-electron chi connectivity index (χ2n) is 7.16. The lowest BCUT2D eigenvalue weighted by Crippen LogP contribution is -2.46. The Labute approximate surface area is 180 Å². The number of likely N-dealkylation sites (tertiary alicyclic amines) is 1. The summed E-state index contributed by atoms with van der Waals surface area (Å²) < 4.78 is 24.2. The van der Waals surface area contributed by atoms with Crippen LogP contribution < -0.4 is 9.47 Å². The van der Waals surface area contributed by atoms with Crippen LogP contribution in [0.5, 0.6) is 11.5 Å². The number of nitrogens with zero attached hydrogens (tertiary/aromatic N) is 2.